The zero-order chi connectivity index (χ0) is 23.5. The molecule has 1 saturated carbocycles. The number of benzene rings is 3. The Morgan fingerprint density at radius 1 is 0.794 bits per heavy atom. The number of hydrogen-bond donors (Lipinski definition) is 2. The Morgan fingerprint density at radius 2 is 1.47 bits per heavy atom. The van der Waals surface area contributed by atoms with Crippen molar-refractivity contribution >= 4 is 38.2 Å². The van der Waals surface area contributed by atoms with E-state index < -0.39 is 10.0 Å². The number of halogens is 1. The maximum absolute atomic E-state index is 13.0. The van der Waals surface area contributed by atoms with Crippen molar-refractivity contribution in [3.8, 4) is 11.1 Å². The predicted octanol–water partition coefficient (Wildman–Crippen LogP) is 6.26. The first kappa shape index (κ1) is 22.8. The fourth-order valence-electron chi connectivity index (χ4n) is 4.57. The van der Waals surface area contributed by atoms with Gasteiger partial charge in [-0.1, -0.05) is 54.1 Å². The molecule has 5 rings (SSSR count). The van der Waals surface area contributed by atoms with E-state index in [-0.39, 0.29) is 12.1 Å². The Morgan fingerprint density at radius 3 is 2.21 bits per heavy atom. The number of pyridine rings is 1. The minimum absolute atomic E-state index is 0.0650. The molecule has 0 amide bonds. The van der Waals surface area contributed by atoms with E-state index in [1.807, 2.05) is 66.7 Å². The van der Waals surface area contributed by atoms with Crippen LogP contribution in [0.4, 0.5) is 5.69 Å². The van der Waals surface area contributed by atoms with Gasteiger partial charge in [0.2, 0.25) is 10.0 Å². The van der Waals surface area contributed by atoms with Gasteiger partial charge in [0.15, 0.2) is 0 Å². The molecule has 1 heterocycles. The molecule has 0 spiro atoms. The molecular weight excluding hydrogens is 466 g/mol. The molecule has 1 aliphatic rings. The fourth-order valence-corrected chi connectivity index (χ4v) is 6.04. The van der Waals surface area contributed by atoms with Gasteiger partial charge in [-0.3, -0.25) is 4.98 Å². The average molecular weight is 492 g/mol. The van der Waals surface area contributed by atoms with Crippen LogP contribution in [0.15, 0.2) is 90.0 Å². The lowest BCUT2D eigenvalue weighted by molar-refractivity contribution is 0.387. The van der Waals surface area contributed by atoms with Crippen LogP contribution in [0.5, 0.6) is 0 Å². The van der Waals surface area contributed by atoms with Gasteiger partial charge in [-0.15, -0.1) is 0 Å². The molecule has 0 saturated heterocycles. The summed E-state index contributed by atoms with van der Waals surface area (Å²) in [7, 11) is -3.56. The molecule has 0 unspecified atom stereocenters. The van der Waals surface area contributed by atoms with E-state index in [4.69, 9.17) is 11.6 Å². The second-order valence-electron chi connectivity index (χ2n) is 8.72. The summed E-state index contributed by atoms with van der Waals surface area (Å²) in [5.41, 5.74) is 3.95. The zero-order valence-electron chi connectivity index (χ0n) is 18.6. The fraction of sp³-hybridized carbons (Fsp3) is 0.222. The molecule has 0 aliphatic heterocycles. The molecule has 0 bridgehead atoms. The molecule has 7 heteroatoms. The van der Waals surface area contributed by atoms with E-state index in [0.717, 1.165) is 53.4 Å². The number of anilines is 1. The van der Waals surface area contributed by atoms with Crippen LogP contribution in [0, 0.1) is 0 Å². The van der Waals surface area contributed by atoms with Gasteiger partial charge in [0, 0.05) is 34.4 Å². The summed E-state index contributed by atoms with van der Waals surface area (Å²) in [4.78, 5) is 4.70. The monoisotopic (exact) mass is 491 g/mol. The highest BCUT2D eigenvalue weighted by molar-refractivity contribution is 7.89. The molecule has 0 radical (unpaired) electrons. The standard InChI is InChI=1S/C27H26ClN3O2S/c28-21-8-15-25-26(16-17-29-27(25)18-21)30-22-9-11-23(12-10-22)31-34(32,33)24-13-6-20(7-14-24)19-4-2-1-3-5-19/h1-8,13-18,22-23,31H,9-12H2,(H,29,30)/t22-,23+. The number of fused-ring (bicyclic) bond motifs is 1. The highest BCUT2D eigenvalue weighted by Crippen LogP contribution is 2.29. The molecule has 4 aromatic rings. The van der Waals surface area contributed by atoms with Crippen molar-refractivity contribution in [3.05, 3.63) is 90.1 Å². The normalized spacial score (nSPS) is 18.6. The molecule has 1 aromatic heterocycles. The van der Waals surface area contributed by atoms with Crippen LogP contribution in [0.25, 0.3) is 22.0 Å². The third kappa shape index (κ3) is 5.09. The topological polar surface area (TPSA) is 71.1 Å². The highest BCUT2D eigenvalue weighted by Gasteiger charge is 2.26. The van der Waals surface area contributed by atoms with Crippen molar-refractivity contribution in [2.75, 3.05) is 5.32 Å². The van der Waals surface area contributed by atoms with Gasteiger partial charge < -0.3 is 5.32 Å². The van der Waals surface area contributed by atoms with E-state index >= 15 is 0 Å². The number of nitrogens with zero attached hydrogens (tertiary/aromatic N) is 1. The highest BCUT2D eigenvalue weighted by atomic mass is 35.5. The summed E-state index contributed by atoms with van der Waals surface area (Å²) in [5.74, 6) is 0. The number of nitrogens with one attached hydrogen (secondary N) is 2. The van der Waals surface area contributed by atoms with Gasteiger partial charge in [0.25, 0.3) is 0 Å². The Kier molecular flexibility index (Phi) is 6.55. The molecule has 3 aromatic carbocycles. The SMILES string of the molecule is O=S(=O)(N[C@H]1CC[C@@H](Nc2ccnc3cc(Cl)ccc23)CC1)c1ccc(-c2ccccc2)cc1. The summed E-state index contributed by atoms with van der Waals surface area (Å²) in [5, 5.41) is 5.32. The summed E-state index contributed by atoms with van der Waals surface area (Å²) in [6.07, 6.45) is 5.13. The minimum atomic E-state index is -3.56. The van der Waals surface area contributed by atoms with Gasteiger partial charge in [0.1, 0.15) is 0 Å². The first-order chi connectivity index (χ1) is 16.5. The predicted molar refractivity (Wildman–Crippen MR) is 139 cm³/mol. The van der Waals surface area contributed by atoms with Crippen LogP contribution in [0.3, 0.4) is 0 Å². The summed E-state index contributed by atoms with van der Waals surface area (Å²) in [6.45, 7) is 0. The molecule has 5 nitrogen and oxygen atoms in total. The zero-order valence-corrected chi connectivity index (χ0v) is 20.2. The first-order valence-electron chi connectivity index (χ1n) is 11.5. The molecule has 0 atom stereocenters. The second kappa shape index (κ2) is 9.74. The Labute approximate surface area is 205 Å². The lowest BCUT2D eigenvalue weighted by atomic mass is 9.91. The van der Waals surface area contributed by atoms with Crippen molar-refractivity contribution in [1.82, 2.24) is 9.71 Å². The van der Waals surface area contributed by atoms with Crippen LogP contribution in [0.2, 0.25) is 5.02 Å². The van der Waals surface area contributed by atoms with Crippen molar-refractivity contribution in [2.45, 2.75) is 42.7 Å². The lowest BCUT2D eigenvalue weighted by Crippen LogP contribution is -2.40. The minimum Gasteiger partial charge on any atom is -0.382 e. The lowest BCUT2D eigenvalue weighted by Gasteiger charge is -2.30. The van der Waals surface area contributed by atoms with E-state index in [0.29, 0.717) is 9.92 Å². The average Bonchev–Trinajstić information content (AvgIpc) is 2.86. The van der Waals surface area contributed by atoms with Crippen molar-refractivity contribution < 1.29 is 8.42 Å². The van der Waals surface area contributed by atoms with Crippen molar-refractivity contribution in [1.29, 1.82) is 0 Å². The summed E-state index contributed by atoms with van der Waals surface area (Å²) < 4.78 is 28.8. The summed E-state index contributed by atoms with van der Waals surface area (Å²) >= 11 is 6.10. The number of aromatic nitrogens is 1. The Hall–Kier alpha value is -2.93. The van der Waals surface area contributed by atoms with E-state index in [1.165, 1.54) is 0 Å². The second-order valence-corrected chi connectivity index (χ2v) is 10.9. The molecule has 34 heavy (non-hydrogen) atoms. The van der Waals surface area contributed by atoms with Crippen molar-refractivity contribution in [2.24, 2.45) is 0 Å². The molecular formula is C27H26ClN3O2S. The molecule has 2 N–H and O–H groups in total. The van der Waals surface area contributed by atoms with Crippen LogP contribution in [0.1, 0.15) is 25.7 Å². The maximum Gasteiger partial charge on any atom is 0.240 e. The van der Waals surface area contributed by atoms with Crippen LogP contribution in [-0.4, -0.2) is 25.5 Å². The van der Waals surface area contributed by atoms with Gasteiger partial charge in [-0.2, -0.15) is 0 Å². The Bertz CT molecular complexity index is 1380. The number of sulfonamides is 1. The van der Waals surface area contributed by atoms with Gasteiger partial charge in [0.05, 0.1) is 10.4 Å². The third-order valence-corrected chi connectivity index (χ3v) is 8.16. The van der Waals surface area contributed by atoms with Crippen LogP contribution >= 0.6 is 11.6 Å². The van der Waals surface area contributed by atoms with Crippen LogP contribution < -0.4 is 10.0 Å². The largest absolute Gasteiger partial charge is 0.382 e. The quantitative estimate of drug-likeness (QED) is 0.334. The Balaban J connectivity index is 1.20. The third-order valence-electron chi connectivity index (χ3n) is 6.39. The maximum atomic E-state index is 13.0. The molecule has 1 fully saturated rings. The smallest absolute Gasteiger partial charge is 0.240 e. The summed E-state index contributed by atoms with van der Waals surface area (Å²) in [6, 6.07) is 24.9. The van der Waals surface area contributed by atoms with Gasteiger partial charge in [-0.05, 0) is 73.2 Å². The molecule has 1 aliphatic carbocycles. The van der Waals surface area contributed by atoms with Crippen LogP contribution in [-0.2, 0) is 10.0 Å². The molecule has 174 valence electrons. The number of hydrogen-bond acceptors (Lipinski definition) is 4. The first-order valence-corrected chi connectivity index (χ1v) is 13.3. The van der Waals surface area contributed by atoms with Gasteiger partial charge >= 0.3 is 0 Å². The van der Waals surface area contributed by atoms with E-state index in [2.05, 4.69) is 15.0 Å². The van der Waals surface area contributed by atoms with Gasteiger partial charge in [-0.25, -0.2) is 13.1 Å². The van der Waals surface area contributed by atoms with E-state index in [9.17, 15) is 8.42 Å². The van der Waals surface area contributed by atoms with E-state index in [1.54, 1.807) is 18.3 Å². The van der Waals surface area contributed by atoms with Crippen molar-refractivity contribution in [3.63, 3.8) is 0 Å². The number of rotatable bonds is 6.